The highest BCUT2D eigenvalue weighted by molar-refractivity contribution is 9.11. The third kappa shape index (κ3) is 2.28. The first kappa shape index (κ1) is 11.7. The molecule has 2 fully saturated rings. The number of carbonyl (C=O) groups is 1. The summed E-state index contributed by atoms with van der Waals surface area (Å²) in [5.74, 6) is 0.855. The maximum Gasteiger partial charge on any atom is 0.264 e. The Morgan fingerprint density at radius 2 is 2.35 bits per heavy atom. The second-order valence-electron chi connectivity index (χ2n) is 4.78. The lowest BCUT2D eigenvalue weighted by atomic mass is 9.94. The summed E-state index contributed by atoms with van der Waals surface area (Å²) < 4.78 is 1.02. The summed E-state index contributed by atoms with van der Waals surface area (Å²) in [6, 6.07) is 4.38. The molecule has 3 rings (SSSR count). The number of hydrogen-bond donors (Lipinski definition) is 1. The third-order valence-electron chi connectivity index (χ3n) is 3.67. The maximum absolute atomic E-state index is 12.3. The van der Waals surface area contributed by atoms with Gasteiger partial charge >= 0.3 is 0 Å². The van der Waals surface area contributed by atoms with E-state index in [0.717, 1.165) is 28.3 Å². The van der Waals surface area contributed by atoms with Gasteiger partial charge in [-0.15, -0.1) is 11.3 Å². The van der Waals surface area contributed by atoms with Gasteiger partial charge in [-0.2, -0.15) is 0 Å². The maximum atomic E-state index is 12.3. The normalized spacial score (nSPS) is 28.2. The number of carbonyl (C=O) groups excluding carboxylic acids is 1. The van der Waals surface area contributed by atoms with Gasteiger partial charge in [0, 0.05) is 19.1 Å². The molecule has 3 nitrogen and oxygen atoms in total. The van der Waals surface area contributed by atoms with Crippen molar-refractivity contribution in [2.24, 2.45) is 5.92 Å². The van der Waals surface area contributed by atoms with E-state index in [1.165, 1.54) is 24.2 Å². The largest absolute Gasteiger partial charge is 0.336 e. The molecular formula is C12H15BrN2OS. The van der Waals surface area contributed by atoms with Crippen molar-refractivity contribution < 1.29 is 4.79 Å². The molecule has 2 aliphatic rings. The zero-order chi connectivity index (χ0) is 11.8. The molecule has 0 aliphatic carbocycles. The third-order valence-corrected chi connectivity index (χ3v) is 5.28. The molecule has 1 aromatic rings. The number of rotatable bonds is 1. The van der Waals surface area contributed by atoms with Crippen molar-refractivity contribution in [2.45, 2.75) is 18.9 Å². The quantitative estimate of drug-likeness (QED) is 0.863. The van der Waals surface area contributed by atoms with Crippen LogP contribution in [0.5, 0.6) is 0 Å². The van der Waals surface area contributed by atoms with E-state index in [2.05, 4.69) is 21.2 Å². The number of piperidine rings is 1. The van der Waals surface area contributed by atoms with E-state index >= 15 is 0 Å². The zero-order valence-corrected chi connectivity index (χ0v) is 11.9. The van der Waals surface area contributed by atoms with Crippen LogP contribution >= 0.6 is 27.3 Å². The summed E-state index contributed by atoms with van der Waals surface area (Å²) in [5.41, 5.74) is 0. The average molecular weight is 315 g/mol. The van der Waals surface area contributed by atoms with E-state index in [1.54, 1.807) is 0 Å². The van der Waals surface area contributed by atoms with Crippen LogP contribution in [0, 0.1) is 5.92 Å². The topological polar surface area (TPSA) is 32.3 Å². The molecule has 2 aliphatic heterocycles. The minimum absolute atomic E-state index is 0.192. The molecule has 0 bridgehead atoms. The first-order valence-electron chi connectivity index (χ1n) is 6.02. The Morgan fingerprint density at radius 1 is 1.47 bits per heavy atom. The number of amides is 1. The summed E-state index contributed by atoms with van der Waals surface area (Å²) in [6.07, 6.45) is 2.50. The SMILES string of the molecule is O=C(c1ccc(Br)s1)N1C[C@@H]2CCCN[C@@H]2C1. The highest BCUT2D eigenvalue weighted by Gasteiger charge is 2.36. The fourth-order valence-electron chi connectivity index (χ4n) is 2.80. The molecule has 92 valence electrons. The van der Waals surface area contributed by atoms with Crippen LogP contribution in [0.1, 0.15) is 22.5 Å². The number of likely N-dealkylation sites (tertiary alicyclic amines) is 1. The van der Waals surface area contributed by atoms with Crippen LogP contribution < -0.4 is 5.32 Å². The van der Waals surface area contributed by atoms with E-state index < -0.39 is 0 Å². The van der Waals surface area contributed by atoms with E-state index in [9.17, 15) is 4.79 Å². The monoisotopic (exact) mass is 314 g/mol. The van der Waals surface area contributed by atoms with E-state index in [1.807, 2.05) is 17.0 Å². The molecule has 2 saturated heterocycles. The molecule has 1 N–H and O–H groups in total. The van der Waals surface area contributed by atoms with Gasteiger partial charge in [-0.25, -0.2) is 0 Å². The number of fused-ring (bicyclic) bond motifs is 1. The average Bonchev–Trinajstić information content (AvgIpc) is 2.93. The molecule has 1 aromatic heterocycles. The zero-order valence-electron chi connectivity index (χ0n) is 9.49. The Kier molecular flexibility index (Phi) is 3.23. The minimum Gasteiger partial charge on any atom is -0.336 e. The van der Waals surface area contributed by atoms with Gasteiger partial charge in [0.05, 0.1) is 8.66 Å². The van der Waals surface area contributed by atoms with Gasteiger partial charge in [0.1, 0.15) is 0 Å². The first-order chi connectivity index (χ1) is 8.24. The van der Waals surface area contributed by atoms with Crippen molar-refractivity contribution in [1.29, 1.82) is 0 Å². The Balaban J connectivity index is 1.71. The highest BCUT2D eigenvalue weighted by Crippen LogP contribution is 2.28. The van der Waals surface area contributed by atoms with E-state index in [4.69, 9.17) is 0 Å². The van der Waals surface area contributed by atoms with Crippen LogP contribution in [-0.2, 0) is 0 Å². The van der Waals surface area contributed by atoms with Crippen molar-refractivity contribution in [3.63, 3.8) is 0 Å². The molecule has 0 unspecified atom stereocenters. The van der Waals surface area contributed by atoms with Crippen LogP contribution in [0.15, 0.2) is 15.9 Å². The molecule has 0 saturated carbocycles. The Bertz CT molecular complexity index is 420. The van der Waals surface area contributed by atoms with Gasteiger partial charge in [-0.05, 0) is 53.4 Å². The highest BCUT2D eigenvalue weighted by atomic mass is 79.9. The van der Waals surface area contributed by atoms with Gasteiger partial charge in [0.25, 0.3) is 5.91 Å². The Morgan fingerprint density at radius 3 is 3.06 bits per heavy atom. The van der Waals surface area contributed by atoms with Gasteiger partial charge in [-0.3, -0.25) is 4.79 Å². The minimum atomic E-state index is 0.192. The molecule has 2 atom stereocenters. The van der Waals surface area contributed by atoms with E-state index in [0.29, 0.717) is 12.0 Å². The van der Waals surface area contributed by atoms with Crippen molar-refractivity contribution in [3.05, 3.63) is 20.8 Å². The van der Waals surface area contributed by atoms with Crippen molar-refractivity contribution >= 4 is 33.2 Å². The predicted octanol–water partition coefficient (Wildman–Crippen LogP) is 2.33. The molecule has 17 heavy (non-hydrogen) atoms. The summed E-state index contributed by atoms with van der Waals surface area (Å²) in [6.45, 7) is 2.90. The fraction of sp³-hybridized carbons (Fsp3) is 0.583. The van der Waals surface area contributed by atoms with Gasteiger partial charge in [-0.1, -0.05) is 0 Å². The standard InChI is InChI=1S/C12H15BrN2OS/c13-11-4-3-10(17-11)12(16)15-6-8-2-1-5-14-9(8)7-15/h3-4,8-9,14H,1-2,5-7H2/t8-,9+/m0/s1. The molecule has 3 heterocycles. The van der Waals surface area contributed by atoms with Gasteiger partial charge in [0.2, 0.25) is 0 Å². The summed E-state index contributed by atoms with van der Waals surface area (Å²) in [7, 11) is 0. The van der Waals surface area contributed by atoms with Crippen LogP contribution in [0.4, 0.5) is 0 Å². The predicted molar refractivity (Wildman–Crippen MR) is 72.4 cm³/mol. The molecule has 0 aromatic carbocycles. The van der Waals surface area contributed by atoms with Crippen molar-refractivity contribution in [1.82, 2.24) is 10.2 Å². The number of hydrogen-bond acceptors (Lipinski definition) is 3. The van der Waals surface area contributed by atoms with Crippen molar-refractivity contribution in [3.8, 4) is 0 Å². The Labute approximate surface area is 113 Å². The first-order valence-corrected chi connectivity index (χ1v) is 7.63. The molecule has 1 amide bonds. The van der Waals surface area contributed by atoms with Gasteiger partial charge in [0.15, 0.2) is 0 Å². The van der Waals surface area contributed by atoms with Crippen LogP contribution in [0.2, 0.25) is 0 Å². The van der Waals surface area contributed by atoms with Crippen molar-refractivity contribution in [2.75, 3.05) is 19.6 Å². The fourth-order valence-corrected chi connectivity index (χ4v) is 4.15. The number of nitrogens with zero attached hydrogens (tertiary/aromatic N) is 1. The van der Waals surface area contributed by atoms with E-state index in [-0.39, 0.29) is 5.91 Å². The number of nitrogens with one attached hydrogen (secondary N) is 1. The summed E-state index contributed by atoms with van der Waals surface area (Å²) >= 11 is 4.93. The second kappa shape index (κ2) is 4.71. The van der Waals surface area contributed by atoms with Gasteiger partial charge < -0.3 is 10.2 Å². The van der Waals surface area contributed by atoms with Crippen LogP contribution in [-0.4, -0.2) is 36.5 Å². The van der Waals surface area contributed by atoms with Crippen LogP contribution in [0.25, 0.3) is 0 Å². The molecule has 0 radical (unpaired) electrons. The lowest BCUT2D eigenvalue weighted by Gasteiger charge is -2.24. The summed E-state index contributed by atoms with van der Waals surface area (Å²) in [4.78, 5) is 15.1. The van der Waals surface area contributed by atoms with Crippen LogP contribution in [0.3, 0.4) is 0 Å². The molecule has 5 heteroatoms. The number of thiophene rings is 1. The summed E-state index contributed by atoms with van der Waals surface area (Å²) in [5, 5.41) is 3.52. The Hall–Kier alpha value is -0.390. The molecular weight excluding hydrogens is 300 g/mol. The number of halogens is 1. The molecule has 0 spiro atoms. The smallest absolute Gasteiger partial charge is 0.264 e. The lowest BCUT2D eigenvalue weighted by Crippen LogP contribution is -2.41. The second-order valence-corrected chi connectivity index (χ2v) is 7.24. The lowest BCUT2D eigenvalue weighted by molar-refractivity contribution is 0.0790.